The lowest BCUT2D eigenvalue weighted by Crippen LogP contribution is -2.40. The summed E-state index contributed by atoms with van der Waals surface area (Å²) in [5.41, 5.74) is 1.94. The lowest BCUT2D eigenvalue weighted by Gasteiger charge is -2.28. The van der Waals surface area contributed by atoms with E-state index >= 15 is 0 Å². The van der Waals surface area contributed by atoms with Gasteiger partial charge in [0.2, 0.25) is 0 Å². The van der Waals surface area contributed by atoms with Crippen molar-refractivity contribution in [1.82, 2.24) is 10.6 Å². The monoisotopic (exact) mass is 357 g/mol. The topological polar surface area (TPSA) is 54.9 Å². The fourth-order valence-electron chi connectivity index (χ4n) is 2.96. The van der Waals surface area contributed by atoms with Crippen LogP contribution in [0, 0.1) is 5.82 Å². The first-order chi connectivity index (χ1) is 12.7. The van der Waals surface area contributed by atoms with Crippen molar-refractivity contribution in [2.75, 3.05) is 20.3 Å². The maximum Gasteiger partial charge on any atom is 0.191 e. The quantitative estimate of drug-likeness (QED) is 0.636. The van der Waals surface area contributed by atoms with E-state index in [4.69, 9.17) is 9.47 Å². The Kier molecular flexibility index (Phi) is 5.94. The highest BCUT2D eigenvalue weighted by Gasteiger charge is 2.21. The van der Waals surface area contributed by atoms with Crippen LogP contribution < -0.4 is 20.1 Å². The number of fused-ring (bicyclic) bond motifs is 1. The SMILES string of the molecule is CCOc1ccc(CNC(=NC)NC2CCOc3ccccc32)cc1F. The van der Waals surface area contributed by atoms with Crippen molar-refractivity contribution < 1.29 is 13.9 Å². The molecule has 0 bridgehead atoms. The van der Waals surface area contributed by atoms with Crippen LogP contribution >= 0.6 is 0 Å². The van der Waals surface area contributed by atoms with Gasteiger partial charge in [-0.05, 0) is 30.7 Å². The van der Waals surface area contributed by atoms with Crippen LogP contribution in [-0.4, -0.2) is 26.2 Å². The zero-order valence-corrected chi connectivity index (χ0v) is 15.1. The van der Waals surface area contributed by atoms with Crippen LogP contribution in [0.15, 0.2) is 47.5 Å². The Balaban J connectivity index is 1.62. The normalized spacial score (nSPS) is 16.4. The van der Waals surface area contributed by atoms with Crippen molar-refractivity contribution in [3.8, 4) is 11.5 Å². The molecule has 0 aliphatic carbocycles. The lowest BCUT2D eigenvalue weighted by atomic mass is 10.0. The van der Waals surface area contributed by atoms with Crippen LogP contribution in [0.25, 0.3) is 0 Å². The second-order valence-corrected chi connectivity index (χ2v) is 6.00. The lowest BCUT2D eigenvalue weighted by molar-refractivity contribution is 0.261. The predicted molar refractivity (Wildman–Crippen MR) is 100 cm³/mol. The Labute approximate surface area is 153 Å². The number of guanidine groups is 1. The summed E-state index contributed by atoms with van der Waals surface area (Å²) >= 11 is 0. The van der Waals surface area contributed by atoms with Gasteiger partial charge in [-0.2, -0.15) is 0 Å². The van der Waals surface area contributed by atoms with Crippen LogP contribution in [0.1, 0.15) is 30.5 Å². The molecule has 0 amide bonds. The van der Waals surface area contributed by atoms with Gasteiger partial charge in [0.1, 0.15) is 5.75 Å². The predicted octanol–water partition coefficient (Wildman–Crippen LogP) is 3.41. The molecule has 0 spiro atoms. The van der Waals surface area contributed by atoms with Gasteiger partial charge in [0.15, 0.2) is 17.5 Å². The van der Waals surface area contributed by atoms with E-state index in [0.29, 0.717) is 25.7 Å². The summed E-state index contributed by atoms with van der Waals surface area (Å²) in [5, 5.41) is 6.65. The van der Waals surface area contributed by atoms with E-state index in [-0.39, 0.29) is 17.6 Å². The van der Waals surface area contributed by atoms with E-state index in [9.17, 15) is 4.39 Å². The summed E-state index contributed by atoms with van der Waals surface area (Å²) < 4.78 is 24.9. The molecule has 2 aromatic rings. The number of halogens is 1. The Morgan fingerprint density at radius 2 is 2.15 bits per heavy atom. The minimum atomic E-state index is -0.354. The third-order valence-electron chi connectivity index (χ3n) is 4.25. The van der Waals surface area contributed by atoms with E-state index in [1.165, 1.54) is 6.07 Å². The smallest absolute Gasteiger partial charge is 0.191 e. The molecule has 1 heterocycles. The van der Waals surface area contributed by atoms with Gasteiger partial charge in [-0.3, -0.25) is 4.99 Å². The zero-order chi connectivity index (χ0) is 18.4. The average Bonchev–Trinajstić information content (AvgIpc) is 2.67. The molecule has 1 aliphatic rings. The molecule has 1 atom stereocenters. The number of nitrogens with one attached hydrogen (secondary N) is 2. The molecule has 2 N–H and O–H groups in total. The highest BCUT2D eigenvalue weighted by Crippen LogP contribution is 2.31. The number of hydrogen-bond donors (Lipinski definition) is 2. The van der Waals surface area contributed by atoms with Crippen LogP contribution in [0.3, 0.4) is 0 Å². The number of hydrogen-bond acceptors (Lipinski definition) is 3. The van der Waals surface area contributed by atoms with Gasteiger partial charge >= 0.3 is 0 Å². The van der Waals surface area contributed by atoms with E-state index in [1.807, 2.05) is 31.2 Å². The molecule has 2 aromatic carbocycles. The Bertz CT molecular complexity index is 779. The molecule has 1 unspecified atom stereocenters. The Morgan fingerprint density at radius 3 is 2.92 bits per heavy atom. The number of aliphatic imine (C=N–C) groups is 1. The minimum absolute atomic E-state index is 0.128. The molecular formula is C20H24FN3O2. The largest absolute Gasteiger partial charge is 0.493 e. The first-order valence-corrected chi connectivity index (χ1v) is 8.81. The van der Waals surface area contributed by atoms with Gasteiger partial charge < -0.3 is 20.1 Å². The number of rotatable bonds is 5. The van der Waals surface area contributed by atoms with E-state index in [0.717, 1.165) is 23.3 Å². The molecule has 0 aromatic heterocycles. The first-order valence-electron chi connectivity index (χ1n) is 8.81. The number of para-hydroxylation sites is 1. The van der Waals surface area contributed by atoms with Crippen molar-refractivity contribution in [3.63, 3.8) is 0 Å². The first kappa shape index (κ1) is 18.0. The van der Waals surface area contributed by atoms with Crippen molar-refractivity contribution in [2.45, 2.75) is 25.9 Å². The van der Waals surface area contributed by atoms with Crippen LogP contribution in [0.2, 0.25) is 0 Å². The zero-order valence-electron chi connectivity index (χ0n) is 15.1. The number of ether oxygens (including phenoxy) is 2. The van der Waals surface area contributed by atoms with Crippen LogP contribution in [-0.2, 0) is 6.54 Å². The standard InChI is InChI=1S/C20H24FN3O2/c1-3-25-19-9-8-14(12-16(19)21)13-23-20(22-2)24-17-10-11-26-18-7-5-4-6-15(17)18/h4-9,12,17H,3,10-11,13H2,1-2H3,(H2,22,23,24). The fourth-order valence-corrected chi connectivity index (χ4v) is 2.96. The third-order valence-corrected chi connectivity index (χ3v) is 4.25. The minimum Gasteiger partial charge on any atom is -0.493 e. The van der Waals surface area contributed by atoms with Crippen molar-refractivity contribution in [3.05, 3.63) is 59.4 Å². The fraction of sp³-hybridized carbons (Fsp3) is 0.350. The molecule has 138 valence electrons. The average molecular weight is 357 g/mol. The van der Waals surface area contributed by atoms with Crippen molar-refractivity contribution in [1.29, 1.82) is 0 Å². The van der Waals surface area contributed by atoms with Crippen LogP contribution in [0.4, 0.5) is 4.39 Å². The highest BCUT2D eigenvalue weighted by molar-refractivity contribution is 5.80. The molecule has 0 fully saturated rings. The summed E-state index contributed by atoms with van der Waals surface area (Å²) in [6.45, 7) is 3.40. The van der Waals surface area contributed by atoms with Crippen LogP contribution in [0.5, 0.6) is 11.5 Å². The molecule has 5 nitrogen and oxygen atoms in total. The Morgan fingerprint density at radius 1 is 1.31 bits per heavy atom. The molecular weight excluding hydrogens is 333 g/mol. The molecule has 0 radical (unpaired) electrons. The number of benzene rings is 2. The summed E-state index contributed by atoms with van der Waals surface area (Å²) in [4.78, 5) is 4.27. The van der Waals surface area contributed by atoms with Crippen molar-refractivity contribution >= 4 is 5.96 Å². The van der Waals surface area contributed by atoms with Gasteiger partial charge in [-0.1, -0.05) is 24.3 Å². The van der Waals surface area contributed by atoms with Gasteiger partial charge in [0, 0.05) is 25.6 Å². The van der Waals surface area contributed by atoms with E-state index < -0.39 is 0 Å². The Hall–Kier alpha value is -2.76. The molecule has 0 saturated heterocycles. The second kappa shape index (κ2) is 8.56. The summed E-state index contributed by atoms with van der Waals surface area (Å²) in [6, 6.07) is 13.1. The molecule has 3 rings (SSSR count). The summed E-state index contributed by atoms with van der Waals surface area (Å²) in [7, 11) is 1.72. The molecule has 1 aliphatic heterocycles. The van der Waals surface area contributed by atoms with Gasteiger partial charge in [0.25, 0.3) is 0 Å². The van der Waals surface area contributed by atoms with Gasteiger partial charge in [0.05, 0.1) is 19.3 Å². The molecule has 0 saturated carbocycles. The summed E-state index contributed by atoms with van der Waals surface area (Å²) in [5.74, 6) is 1.49. The van der Waals surface area contributed by atoms with E-state index in [2.05, 4.69) is 21.7 Å². The maximum atomic E-state index is 14.0. The van der Waals surface area contributed by atoms with Crippen molar-refractivity contribution in [2.24, 2.45) is 4.99 Å². The van der Waals surface area contributed by atoms with Gasteiger partial charge in [-0.15, -0.1) is 0 Å². The second-order valence-electron chi connectivity index (χ2n) is 6.00. The summed E-state index contributed by atoms with van der Waals surface area (Å²) in [6.07, 6.45) is 0.857. The number of nitrogens with zero attached hydrogens (tertiary/aromatic N) is 1. The molecule has 6 heteroatoms. The third kappa shape index (κ3) is 4.25. The van der Waals surface area contributed by atoms with E-state index in [1.54, 1.807) is 13.1 Å². The maximum absolute atomic E-state index is 14.0. The highest BCUT2D eigenvalue weighted by atomic mass is 19.1. The van der Waals surface area contributed by atoms with Gasteiger partial charge in [-0.25, -0.2) is 4.39 Å². The molecule has 26 heavy (non-hydrogen) atoms.